The molecule has 0 aliphatic carbocycles. The Labute approximate surface area is 137 Å². The Kier molecular flexibility index (Phi) is 5.64. The van der Waals surface area contributed by atoms with Gasteiger partial charge in [0.25, 0.3) is 0 Å². The van der Waals surface area contributed by atoms with Gasteiger partial charge in [0.2, 0.25) is 10.0 Å². The van der Waals surface area contributed by atoms with E-state index >= 15 is 0 Å². The minimum atomic E-state index is -3.47. The molecular formula is C16H23NO5S. The third-order valence-electron chi connectivity index (χ3n) is 4.10. The first kappa shape index (κ1) is 17.7. The Balaban J connectivity index is 2.14. The van der Waals surface area contributed by atoms with Crippen molar-refractivity contribution in [3.63, 3.8) is 0 Å². The van der Waals surface area contributed by atoms with Gasteiger partial charge in [0.05, 0.1) is 12.0 Å². The van der Waals surface area contributed by atoms with Gasteiger partial charge in [-0.15, -0.1) is 0 Å². The molecule has 0 amide bonds. The number of hydrogen-bond donors (Lipinski definition) is 0. The van der Waals surface area contributed by atoms with Gasteiger partial charge in [-0.25, -0.2) is 13.2 Å². The van der Waals surface area contributed by atoms with E-state index < -0.39 is 16.0 Å². The van der Waals surface area contributed by atoms with Crippen molar-refractivity contribution in [2.45, 2.75) is 31.6 Å². The molecule has 0 radical (unpaired) electrons. The Hall–Kier alpha value is -1.60. The van der Waals surface area contributed by atoms with Crippen LogP contribution in [0.4, 0.5) is 0 Å². The summed E-state index contributed by atoms with van der Waals surface area (Å²) in [6.45, 7) is 4.81. The van der Waals surface area contributed by atoms with Gasteiger partial charge in [0, 0.05) is 13.1 Å². The second-order valence-corrected chi connectivity index (χ2v) is 7.82. The van der Waals surface area contributed by atoms with Crippen LogP contribution < -0.4 is 4.74 Å². The van der Waals surface area contributed by atoms with Crippen molar-refractivity contribution in [3.8, 4) is 5.75 Å². The molecule has 128 valence electrons. The van der Waals surface area contributed by atoms with Gasteiger partial charge in [0.15, 0.2) is 6.61 Å². The summed E-state index contributed by atoms with van der Waals surface area (Å²) in [5.74, 6) is 0.558. The van der Waals surface area contributed by atoms with Crippen LogP contribution in [0.15, 0.2) is 23.1 Å². The molecule has 0 bridgehead atoms. The molecule has 1 aromatic rings. The smallest absolute Gasteiger partial charge is 0.343 e. The van der Waals surface area contributed by atoms with E-state index in [-0.39, 0.29) is 11.5 Å². The molecule has 1 saturated heterocycles. The number of rotatable bonds is 5. The lowest BCUT2D eigenvalue weighted by atomic mass is 10.0. The summed E-state index contributed by atoms with van der Waals surface area (Å²) >= 11 is 0. The van der Waals surface area contributed by atoms with Crippen LogP contribution in [-0.2, 0) is 19.6 Å². The summed E-state index contributed by atoms with van der Waals surface area (Å²) in [4.78, 5) is 11.4. The molecule has 0 unspecified atom stereocenters. The van der Waals surface area contributed by atoms with Crippen LogP contribution in [-0.4, -0.2) is 45.5 Å². The van der Waals surface area contributed by atoms with Crippen molar-refractivity contribution in [2.75, 3.05) is 26.8 Å². The third kappa shape index (κ3) is 4.23. The second kappa shape index (κ2) is 7.31. The van der Waals surface area contributed by atoms with Crippen molar-refractivity contribution in [1.82, 2.24) is 4.31 Å². The summed E-state index contributed by atoms with van der Waals surface area (Å²) in [5, 5.41) is 0. The van der Waals surface area contributed by atoms with E-state index in [1.807, 2.05) is 0 Å². The van der Waals surface area contributed by atoms with Crippen molar-refractivity contribution < 1.29 is 22.7 Å². The maximum Gasteiger partial charge on any atom is 0.343 e. The standard InChI is InChI=1S/C16H23NO5S/c1-12-6-8-17(9-7-12)23(19,20)14-4-5-15(13(2)10-14)22-11-16(18)21-3/h4-5,10,12H,6-9,11H2,1-3H3. The van der Waals surface area contributed by atoms with Crippen LogP contribution in [0, 0.1) is 12.8 Å². The number of esters is 1. The lowest BCUT2D eigenvalue weighted by molar-refractivity contribution is -0.142. The molecule has 7 heteroatoms. The molecule has 0 aromatic heterocycles. The Morgan fingerprint density at radius 3 is 2.52 bits per heavy atom. The average molecular weight is 341 g/mol. The van der Waals surface area contributed by atoms with Crippen LogP contribution in [0.3, 0.4) is 0 Å². The Morgan fingerprint density at radius 1 is 1.30 bits per heavy atom. The molecule has 0 spiro atoms. The van der Waals surface area contributed by atoms with Gasteiger partial charge in [-0.2, -0.15) is 4.31 Å². The topological polar surface area (TPSA) is 72.9 Å². The van der Waals surface area contributed by atoms with Gasteiger partial charge in [0.1, 0.15) is 5.75 Å². The minimum Gasteiger partial charge on any atom is -0.482 e. The second-order valence-electron chi connectivity index (χ2n) is 5.88. The normalized spacial score (nSPS) is 17.0. The molecule has 0 N–H and O–H groups in total. The molecule has 2 rings (SSSR count). The summed E-state index contributed by atoms with van der Waals surface area (Å²) < 4.78 is 36.7. The minimum absolute atomic E-state index is 0.201. The highest BCUT2D eigenvalue weighted by atomic mass is 32.2. The van der Waals surface area contributed by atoms with Crippen molar-refractivity contribution in [3.05, 3.63) is 23.8 Å². The quantitative estimate of drug-likeness (QED) is 0.766. The van der Waals surface area contributed by atoms with E-state index in [0.717, 1.165) is 12.8 Å². The number of sulfonamides is 1. The number of ether oxygens (including phenoxy) is 2. The highest BCUT2D eigenvalue weighted by Crippen LogP contribution is 2.27. The fourth-order valence-electron chi connectivity index (χ4n) is 2.51. The molecule has 1 fully saturated rings. The lowest BCUT2D eigenvalue weighted by Gasteiger charge is -2.29. The number of hydrogen-bond acceptors (Lipinski definition) is 5. The monoisotopic (exact) mass is 341 g/mol. The zero-order valence-corrected chi connectivity index (χ0v) is 14.6. The van der Waals surface area contributed by atoms with Crippen molar-refractivity contribution in [1.29, 1.82) is 0 Å². The third-order valence-corrected chi connectivity index (χ3v) is 5.99. The van der Waals surface area contributed by atoms with Crippen LogP contribution in [0.5, 0.6) is 5.75 Å². The molecule has 1 aliphatic heterocycles. The molecular weight excluding hydrogens is 318 g/mol. The van der Waals surface area contributed by atoms with E-state index in [1.54, 1.807) is 19.1 Å². The Bertz CT molecular complexity index is 663. The van der Waals surface area contributed by atoms with Gasteiger partial charge < -0.3 is 9.47 Å². The number of carbonyl (C=O) groups excluding carboxylic acids is 1. The van der Waals surface area contributed by atoms with Crippen LogP contribution in [0.2, 0.25) is 0 Å². The number of benzene rings is 1. The highest BCUT2D eigenvalue weighted by molar-refractivity contribution is 7.89. The van der Waals surface area contributed by atoms with Gasteiger partial charge in [-0.05, 0) is 49.4 Å². The summed E-state index contributed by atoms with van der Waals surface area (Å²) in [6.07, 6.45) is 1.77. The first-order chi connectivity index (χ1) is 10.8. The van der Waals surface area contributed by atoms with Gasteiger partial charge in [-0.1, -0.05) is 6.92 Å². The van der Waals surface area contributed by atoms with Crippen LogP contribution >= 0.6 is 0 Å². The molecule has 1 aromatic carbocycles. The zero-order valence-electron chi connectivity index (χ0n) is 13.7. The van der Waals surface area contributed by atoms with E-state index in [1.165, 1.54) is 17.5 Å². The summed E-state index contributed by atoms with van der Waals surface area (Å²) in [6, 6.07) is 4.69. The number of nitrogens with zero attached hydrogens (tertiary/aromatic N) is 1. The fraction of sp³-hybridized carbons (Fsp3) is 0.562. The van der Waals surface area contributed by atoms with Gasteiger partial charge >= 0.3 is 5.97 Å². The number of carbonyl (C=O) groups is 1. The first-order valence-corrected chi connectivity index (χ1v) is 9.09. The van der Waals surface area contributed by atoms with Crippen LogP contribution in [0.25, 0.3) is 0 Å². The predicted molar refractivity (Wildman–Crippen MR) is 85.8 cm³/mol. The van der Waals surface area contributed by atoms with Crippen molar-refractivity contribution in [2.24, 2.45) is 5.92 Å². The fourth-order valence-corrected chi connectivity index (χ4v) is 4.07. The average Bonchev–Trinajstić information content (AvgIpc) is 2.53. The largest absolute Gasteiger partial charge is 0.482 e. The first-order valence-electron chi connectivity index (χ1n) is 7.65. The summed E-state index contributed by atoms with van der Waals surface area (Å²) in [7, 11) is -2.19. The molecule has 6 nitrogen and oxygen atoms in total. The SMILES string of the molecule is COC(=O)COc1ccc(S(=O)(=O)N2CCC(C)CC2)cc1C. The predicted octanol–water partition coefficient (Wildman–Crippen LogP) is 1.97. The van der Waals surface area contributed by atoms with E-state index in [4.69, 9.17) is 4.74 Å². The molecule has 0 saturated carbocycles. The van der Waals surface area contributed by atoms with Crippen LogP contribution in [0.1, 0.15) is 25.3 Å². The number of methoxy groups -OCH3 is 1. The molecule has 23 heavy (non-hydrogen) atoms. The zero-order chi connectivity index (χ0) is 17.0. The van der Waals surface area contributed by atoms with E-state index in [2.05, 4.69) is 11.7 Å². The molecule has 1 heterocycles. The number of piperidine rings is 1. The molecule has 0 atom stereocenters. The van der Waals surface area contributed by atoms with Gasteiger partial charge in [-0.3, -0.25) is 0 Å². The summed E-state index contributed by atoms with van der Waals surface area (Å²) in [5.41, 5.74) is 0.667. The number of aryl methyl sites for hydroxylation is 1. The van der Waals surface area contributed by atoms with Crippen molar-refractivity contribution >= 4 is 16.0 Å². The van der Waals surface area contributed by atoms with E-state index in [9.17, 15) is 13.2 Å². The van der Waals surface area contributed by atoms with E-state index in [0.29, 0.717) is 30.3 Å². The highest BCUT2D eigenvalue weighted by Gasteiger charge is 2.28. The lowest BCUT2D eigenvalue weighted by Crippen LogP contribution is -2.37. The molecule has 1 aliphatic rings. The Morgan fingerprint density at radius 2 is 1.96 bits per heavy atom. The maximum atomic E-state index is 12.7. The maximum absolute atomic E-state index is 12.7.